The maximum atomic E-state index is 4.95. The number of hydrogen-bond donors (Lipinski definition) is 1. The number of tetrazole rings is 1. The zero-order chi connectivity index (χ0) is 9.97. The number of aromatic nitrogens is 5. The third kappa shape index (κ3) is 2.05. The average molecular weight is 227 g/mol. The molecule has 0 fully saturated rings. The molecule has 2 aromatic rings. The lowest BCUT2D eigenvalue weighted by Gasteiger charge is -1.97. The molecule has 1 N–H and O–H groups in total. The summed E-state index contributed by atoms with van der Waals surface area (Å²) >= 11 is 6.60. The number of rotatable bonds is 3. The summed E-state index contributed by atoms with van der Waals surface area (Å²) in [5.74, 6) is 0. The van der Waals surface area contributed by atoms with Gasteiger partial charge in [0.25, 0.3) is 0 Å². The molecule has 0 aliphatic heterocycles. The molecule has 0 saturated carbocycles. The molecular formula is C7H9N5S2. The van der Waals surface area contributed by atoms with Crippen LogP contribution in [0, 0.1) is 11.7 Å². The van der Waals surface area contributed by atoms with E-state index < -0.39 is 0 Å². The minimum atomic E-state index is 0.483. The predicted octanol–water partition coefficient (Wildman–Crippen LogP) is 1.34. The Morgan fingerprint density at radius 1 is 1.64 bits per heavy atom. The van der Waals surface area contributed by atoms with E-state index in [2.05, 4.69) is 25.9 Å². The lowest BCUT2D eigenvalue weighted by atomic mass is 10.3. The van der Waals surface area contributed by atoms with Gasteiger partial charge in [0, 0.05) is 18.3 Å². The van der Waals surface area contributed by atoms with E-state index >= 15 is 0 Å². The first-order valence-corrected chi connectivity index (χ1v) is 5.43. The van der Waals surface area contributed by atoms with Gasteiger partial charge < -0.3 is 0 Å². The van der Waals surface area contributed by atoms with Gasteiger partial charge in [-0.1, -0.05) is 10.3 Å². The number of hydrogen-bond acceptors (Lipinski definition) is 5. The van der Waals surface area contributed by atoms with E-state index in [1.54, 1.807) is 16.0 Å². The molecule has 2 rings (SSSR count). The van der Waals surface area contributed by atoms with Gasteiger partial charge in [0.05, 0.1) is 10.7 Å². The molecule has 74 valence electrons. The minimum absolute atomic E-state index is 0.483. The van der Waals surface area contributed by atoms with Gasteiger partial charge in [-0.3, -0.25) is 0 Å². The van der Waals surface area contributed by atoms with Crippen LogP contribution >= 0.6 is 23.6 Å². The van der Waals surface area contributed by atoms with Gasteiger partial charge in [-0.15, -0.1) is 11.3 Å². The first-order chi connectivity index (χ1) is 6.75. The quantitative estimate of drug-likeness (QED) is 0.804. The van der Waals surface area contributed by atoms with Crippen molar-refractivity contribution in [1.82, 2.24) is 25.2 Å². The zero-order valence-corrected chi connectivity index (χ0v) is 9.23. The largest absolute Gasteiger partial charge is 0.247 e. The summed E-state index contributed by atoms with van der Waals surface area (Å²) in [7, 11) is 0. The Bertz CT molecular complexity index is 468. The second kappa shape index (κ2) is 3.97. The van der Waals surface area contributed by atoms with Crippen molar-refractivity contribution in [3.8, 4) is 0 Å². The predicted molar refractivity (Wildman–Crippen MR) is 55.8 cm³/mol. The fourth-order valence-electron chi connectivity index (χ4n) is 1.11. The minimum Gasteiger partial charge on any atom is -0.247 e. The van der Waals surface area contributed by atoms with Crippen LogP contribution in [0.25, 0.3) is 0 Å². The van der Waals surface area contributed by atoms with E-state index in [4.69, 9.17) is 12.2 Å². The molecule has 0 saturated heterocycles. The average Bonchev–Trinajstić information content (AvgIpc) is 2.72. The van der Waals surface area contributed by atoms with Crippen LogP contribution in [-0.2, 0) is 13.0 Å². The van der Waals surface area contributed by atoms with Gasteiger partial charge in [-0.05, 0) is 19.1 Å². The van der Waals surface area contributed by atoms with Crippen LogP contribution in [0.4, 0.5) is 0 Å². The number of nitrogens with one attached hydrogen (secondary N) is 1. The van der Waals surface area contributed by atoms with E-state index in [0.717, 1.165) is 23.7 Å². The van der Waals surface area contributed by atoms with Gasteiger partial charge in [0.2, 0.25) is 4.77 Å². The van der Waals surface area contributed by atoms with Gasteiger partial charge in [0.15, 0.2) is 0 Å². The maximum Gasteiger partial charge on any atom is 0.238 e. The lowest BCUT2D eigenvalue weighted by Crippen LogP contribution is -2.03. The van der Waals surface area contributed by atoms with Gasteiger partial charge >= 0.3 is 0 Å². The van der Waals surface area contributed by atoms with E-state index in [1.165, 1.54) is 0 Å². The second-order valence-electron chi connectivity index (χ2n) is 2.84. The monoisotopic (exact) mass is 227 g/mol. The molecule has 0 radical (unpaired) electrons. The molecule has 0 amide bonds. The summed E-state index contributed by atoms with van der Waals surface area (Å²) in [5, 5.41) is 13.2. The number of H-pyrrole nitrogens is 1. The zero-order valence-electron chi connectivity index (χ0n) is 7.60. The summed E-state index contributed by atoms with van der Waals surface area (Å²) < 4.78 is 2.21. The van der Waals surface area contributed by atoms with Gasteiger partial charge in [-0.25, -0.2) is 9.67 Å². The standard InChI is InChI=1S/C7H9N5S2/c1-5-8-6(4-14-5)2-3-12-7(13)9-10-11-12/h4H,2-3H2,1H3,(H,9,11,13). The summed E-state index contributed by atoms with van der Waals surface area (Å²) in [6.45, 7) is 2.74. The number of aromatic amines is 1. The van der Waals surface area contributed by atoms with Crippen LogP contribution in [0.3, 0.4) is 0 Å². The van der Waals surface area contributed by atoms with Crippen LogP contribution in [0.5, 0.6) is 0 Å². The van der Waals surface area contributed by atoms with Crippen LogP contribution in [0.2, 0.25) is 0 Å². The summed E-state index contributed by atoms with van der Waals surface area (Å²) in [6, 6.07) is 0. The highest BCUT2D eigenvalue weighted by molar-refractivity contribution is 7.71. The molecule has 0 aromatic carbocycles. The molecule has 14 heavy (non-hydrogen) atoms. The van der Waals surface area contributed by atoms with Crippen molar-refractivity contribution < 1.29 is 0 Å². The summed E-state index contributed by atoms with van der Waals surface area (Å²) in [6.07, 6.45) is 0.850. The molecule has 7 heteroatoms. The maximum absolute atomic E-state index is 4.95. The molecular weight excluding hydrogens is 218 g/mol. The lowest BCUT2D eigenvalue weighted by molar-refractivity contribution is 0.579. The van der Waals surface area contributed by atoms with Crippen LogP contribution in [-0.4, -0.2) is 25.2 Å². The van der Waals surface area contributed by atoms with Crippen molar-refractivity contribution in [3.63, 3.8) is 0 Å². The Labute approximate surface area is 89.8 Å². The van der Waals surface area contributed by atoms with Gasteiger partial charge in [0.1, 0.15) is 0 Å². The highest BCUT2D eigenvalue weighted by atomic mass is 32.1. The van der Waals surface area contributed by atoms with Crippen molar-refractivity contribution in [2.24, 2.45) is 0 Å². The SMILES string of the molecule is Cc1nc(CCn2[nH]nnc2=S)cs1. The third-order valence-corrected chi connectivity index (χ3v) is 2.91. The fraction of sp³-hybridized carbons (Fsp3) is 0.429. The first-order valence-electron chi connectivity index (χ1n) is 4.14. The molecule has 0 unspecified atom stereocenters. The Kier molecular flexibility index (Phi) is 2.69. The molecule has 0 aliphatic carbocycles. The number of nitrogens with zero attached hydrogens (tertiary/aromatic N) is 4. The molecule has 5 nitrogen and oxygen atoms in total. The molecule has 2 aromatic heterocycles. The van der Waals surface area contributed by atoms with E-state index in [-0.39, 0.29) is 0 Å². The van der Waals surface area contributed by atoms with Crippen LogP contribution in [0.1, 0.15) is 10.7 Å². The van der Waals surface area contributed by atoms with Crippen LogP contribution in [0.15, 0.2) is 5.38 Å². The summed E-state index contributed by atoms with van der Waals surface area (Å²) in [5.41, 5.74) is 1.09. The Morgan fingerprint density at radius 3 is 3.07 bits per heavy atom. The van der Waals surface area contributed by atoms with Crippen molar-refractivity contribution in [1.29, 1.82) is 0 Å². The van der Waals surface area contributed by atoms with E-state index in [1.807, 2.05) is 6.92 Å². The van der Waals surface area contributed by atoms with Crippen molar-refractivity contribution >= 4 is 23.6 Å². The molecule has 0 atom stereocenters. The summed E-state index contributed by atoms with van der Waals surface area (Å²) in [4.78, 5) is 4.36. The van der Waals surface area contributed by atoms with E-state index in [0.29, 0.717) is 4.77 Å². The highest BCUT2D eigenvalue weighted by Gasteiger charge is 2.00. The van der Waals surface area contributed by atoms with Crippen molar-refractivity contribution in [3.05, 3.63) is 20.9 Å². The Balaban J connectivity index is 2.01. The topological polar surface area (TPSA) is 59.4 Å². The van der Waals surface area contributed by atoms with E-state index in [9.17, 15) is 0 Å². The fourth-order valence-corrected chi connectivity index (χ4v) is 1.93. The smallest absolute Gasteiger partial charge is 0.238 e. The number of thiazole rings is 1. The van der Waals surface area contributed by atoms with Crippen molar-refractivity contribution in [2.45, 2.75) is 19.9 Å². The number of aryl methyl sites for hydroxylation is 3. The second-order valence-corrected chi connectivity index (χ2v) is 4.27. The van der Waals surface area contributed by atoms with Crippen molar-refractivity contribution in [2.75, 3.05) is 0 Å². The Morgan fingerprint density at radius 2 is 2.50 bits per heavy atom. The van der Waals surface area contributed by atoms with Gasteiger partial charge in [-0.2, -0.15) is 5.21 Å². The Hall–Kier alpha value is -1.08. The highest BCUT2D eigenvalue weighted by Crippen LogP contribution is 2.08. The third-order valence-electron chi connectivity index (χ3n) is 1.79. The first kappa shape index (κ1) is 9.47. The molecule has 2 heterocycles. The molecule has 0 bridgehead atoms. The molecule has 0 spiro atoms. The van der Waals surface area contributed by atoms with Crippen LogP contribution < -0.4 is 0 Å². The normalized spacial score (nSPS) is 10.6. The molecule has 0 aliphatic rings.